The summed E-state index contributed by atoms with van der Waals surface area (Å²) in [5.41, 5.74) is 0. The number of carbonyl (C=O) groups excluding carboxylic acids is 1. The molecule has 0 N–H and O–H groups in total. The monoisotopic (exact) mass is 538 g/mol. The molecule has 0 saturated carbocycles. The van der Waals surface area contributed by atoms with Gasteiger partial charge >= 0.3 is 5.97 Å². The van der Waals surface area contributed by atoms with Crippen molar-refractivity contribution in [3.05, 3.63) is 46.4 Å². The quantitative estimate of drug-likeness (QED) is 0.130. The van der Waals surface area contributed by atoms with Crippen LogP contribution in [0.5, 0.6) is 11.5 Å². The Morgan fingerprint density at radius 2 is 1.78 bits per heavy atom. The van der Waals surface area contributed by atoms with Gasteiger partial charge in [0.15, 0.2) is 5.75 Å². The van der Waals surface area contributed by atoms with Gasteiger partial charge < -0.3 is 18.8 Å². The number of ether oxygens (including phenoxy) is 3. The van der Waals surface area contributed by atoms with Crippen molar-refractivity contribution in [3.63, 3.8) is 0 Å². The largest absolute Gasteiger partial charge is 0.616 e. The average Bonchev–Trinajstić information content (AvgIpc) is 2.76. The highest BCUT2D eigenvalue weighted by Gasteiger charge is 2.13. The van der Waals surface area contributed by atoms with E-state index in [4.69, 9.17) is 49.0 Å². The maximum absolute atomic E-state index is 11.5. The van der Waals surface area contributed by atoms with E-state index in [9.17, 15) is 9.35 Å². The fourth-order valence-corrected chi connectivity index (χ4v) is 5.05. The third-order valence-corrected chi connectivity index (χ3v) is 7.33. The molecule has 2 aromatic carbocycles. The lowest BCUT2D eigenvalue weighted by molar-refractivity contribution is -0.146. The highest BCUT2D eigenvalue weighted by molar-refractivity contribution is 7.99. The second kappa shape index (κ2) is 14.3. The molecule has 0 aliphatic heterocycles. The van der Waals surface area contributed by atoms with Crippen molar-refractivity contribution in [2.24, 2.45) is 0 Å². The van der Waals surface area contributed by atoms with Crippen molar-refractivity contribution < 1.29 is 23.6 Å². The molecule has 32 heavy (non-hydrogen) atoms. The molecule has 0 aliphatic carbocycles. The fraction of sp³-hybridized carbons (Fsp3) is 0.409. The van der Waals surface area contributed by atoms with Crippen LogP contribution >= 0.6 is 46.6 Å². The molecule has 2 atom stereocenters. The average molecular weight is 540 g/mol. The molecular formula is C22H25Cl3O5S2. The molecule has 0 bridgehead atoms. The molecule has 0 aliphatic rings. The first kappa shape index (κ1) is 27.3. The zero-order chi connectivity index (χ0) is 23.5. The molecule has 0 saturated heterocycles. The summed E-state index contributed by atoms with van der Waals surface area (Å²) in [7, 11) is 0. The van der Waals surface area contributed by atoms with Gasteiger partial charge in [-0.3, -0.25) is 4.79 Å². The summed E-state index contributed by atoms with van der Waals surface area (Å²) in [5, 5.41) is 0.850. The molecule has 0 spiro atoms. The van der Waals surface area contributed by atoms with Crippen molar-refractivity contribution in [1.82, 2.24) is 0 Å². The number of esters is 1. The lowest BCUT2D eigenvalue weighted by atomic mass is 10.3. The summed E-state index contributed by atoms with van der Waals surface area (Å²) in [6.45, 7) is 3.81. The third kappa shape index (κ3) is 9.49. The first-order valence-electron chi connectivity index (χ1n) is 9.93. The van der Waals surface area contributed by atoms with E-state index in [1.807, 2.05) is 31.2 Å². The van der Waals surface area contributed by atoms with E-state index >= 15 is 0 Å². The number of hydrogen-bond acceptors (Lipinski definition) is 6. The summed E-state index contributed by atoms with van der Waals surface area (Å²) in [5.74, 6) is 2.07. The van der Waals surface area contributed by atoms with E-state index in [0.717, 1.165) is 9.79 Å². The molecule has 10 heteroatoms. The smallest absolute Gasteiger partial charge is 0.303 e. The van der Waals surface area contributed by atoms with Crippen molar-refractivity contribution >= 4 is 63.7 Å². The van der Waals surface area contributed by atoms with E-state index in [0.29, 0.717) is 46.1 Å². The number of rotatable bonds is 13. The number of hydrogen-bond donors (Lipinski definition) is 0. The molecule has 0 amide bonds. The molecule has 0 aromatic heterocycles. The van der Waals surface area contributed by atoms with Crippen LogP contribution in [0.25, 0.3) is 0 Å². The van der Waals surface area contributed by atoms with Gasteiger partial charge in [-0.05, 0) is 43.3 Å². The molecule has 2 rings (SSSR count). The van der Waals surface area contributed by atoms with Gasteiger partial charge in [-0.1, -0.05) is 46.1 Å². The Bertz CT molecular complexity index is 844. The molecule has 0 radical (unpaired) electrons. The minimum Gasteiger partial charge on any atom is -0.616 e. The van der Waals surface area contributed by atoms with Crippen LogP contribution in [0, 0.1) is 0 Å². The van der Waals surface area contributed by atoms with E-state index in [1.54, 1.807) is 12.1 Å². The highest BCUT2D eigenvalue weighted by Crippen LogP contribution is 2.39. The zero-order valence-electron chi connectivity index (χ0n) is 17.8. The van der Waals surface area contributed by atoms with Gasteiger partial charge in [-0.15, -0.1) is 11.6 Å². The van der Waals surface area contributed by atoms with Crippen LogP contribution in [0.2, 0.25) is 10.0 Å². The molecule has 176 valence electrons. The van der Waals surface area contributed by atoms with Crippen LogP contribution < -0.4 is 9.47 Å². The Kier molecular flexibility index (Phi) is 12.2. The predicted molar refractivity (Wildman–Crippen MR) is 132 cm³/mol. The SMILES string of the molecule is CC[S+]([O-])CCCOc1c(Cl)cc(Sc2ccc(OCC(CCl)OC(C)=O)cc2)cc1Cl. The second-order valence-corrected chi connectivity index (χ2v) is 10.8. The molecule has 2 unspecified atom stereocenters. The van der Waals surface area contributed by atoms with Crippen molar-refractivity contribution in [3.8, 4) is 11.5 Å². The first-order chi connectivity index (χ1) is 15.3. The lowest BCUT2D eigenvalue weighted by Gasteiger charge is -2.15. The number of carbonyl (C=O) groups is 1. The molecule has 0 fully saturated rings. The molecule has 0 heterocycles. The Labute approximate surface area is 211 Å². The van der Waals surface area contributed by atoms with Gasteiger partial charge in [-0.2, -0.15) is 0 Å². The fourth-order valence-electron chi connectivity index (χ4n) is 2.55. The van der Waals surface area contributed by atoms with Gasteiger partial charge in [0.25, 0.3) is 0 Å². The summed E-state index contributed by atoms with van der Waals surface area (Å²) >= 11 is 19.2. The van der Waals surface area contributed by atoms with E-state index in [-0.39, 0.29) is 12.5 Å². The normalized spacial score (nSPS) is 12.8. The molecular weight excluding hydrogens is 515 g/mol. The summed E-state index contributed by atoms with van der Waals surface area (Å²) < 4.78 is 27.9. The summed E-state index contributed by atoms with van der Waals surface area (Å²) in [6.07, 6.45) is 0.173. The predicted octanol–water partition coefficient (Wildman–Crippen LogP) is 6.23. The van der Waals surface area contributed by atoms with Crippen molar-refractivity contribution in [2.75, 3.05) is 30.6 Å². The molecule has 5 nitrogen and oxygen atoms in total. The standard InChI is InChI=1S/C22H25Cl3O5S2/c1-3-32(27)10-4-9-28-22-20(24)11-19(12-21(22)25)31-18-7-5-16(6-8-18)29-14-17(13-23)30-15(2)26/h5-8,11-12,17H,3-4,9-10,13-14H2,1-2H3. The van der Waals surface area contributed by atoms with E-state index in [1.165, 1.54) is 18.7 Å². The van der Waals surface area contributed by atoms with Crippen molar-refractivity contribution in [2.45, 2.75) is 36.2 Å². The van der Waals surface area contributed by atoms with Gasteiger partial charge in [0, 0.05) is 23.1 Å². The Hall–Kier alpha value is -0.960. The summed E-state index contributed by atoms with van der Waals surface area (Å²) in [4.78, 5) is 12.9. The number of benzene rings is 2. The first-order valence-corrected chi connectivity index (χ1v) is 13.5. The lowest BCUT2D eigenvalue weighted by Crippen LogP contribution is -2.25. The minimum atomic E-state index is -0.815. The second-order valence-electron chi connectivity index (χ2n) is 6.62. The number of halogens is 3. The highest BCUT2D eigenvalue weighted by atomic mass is 35.5. The maximum atomic E-state index is 11.5. The van der Waals surface area contributed by atoms with E-state index < -0.39 is 23.2 Å². The Balaban J connectivity index is 1.91. The van der Waals surface area contributed by atoms with Gasteiger partial charge in [-0.25, -0.2) is 0 Å². The van der Waals surface area contributed by atoms with Crippen LogP contribution in [0.4, 0.5) is 0 Å². The van der Waals surface area contributed by atoms with Gasteiger partial charge in [0.2, 0.25) is 0 Å². The van der Waals surface area contributed by atoms with Crippen LogP contribution in [0.1, 0.15) is 20.3 Å². The van der Waals surface area contributed by atoms with E-state index in [2.05, 4.69) is 0 Å². The molecule has 2 aromatic rings. The van der Waals surface area contributed by atoms with Gasteiger partial charge in [0.05, 0.1) is 22.5 Å². The topological polar surface area (TPSA) is 67.8 Å². The number of alkyl halides is 1. The maximum Gasteiger partial charge on any atom is 0.303 e. The van der Waals surface area contributed by atoms with Crippen LogP contribution in [0.3, 0.4) is 0 Å². The Morgan fingerprint density at radius 1 is 1.12 bits per heavy atom. The Morgan fingerprint density at radius 3 is 2.34 bits per heavy atom. The summed E-state index contributed by atoms with van der Waals surface area (Å²) in [6, 6.07) is 11.0. The minimum absolute atomic E-state index is 0.160. The van der Waals surface area contributed by atoms with Crippen molar-refractivity contribution in [1.29, 1.82) is 0 Å². The van der Waals surface area contributed by atoms with Crippen LogP contribution in [-0.2, 0) is 20.7 Å². The van der Waals surface area contributed by atoms with Gasteiger partial charge in [0.1, 0.15) is 30.0 Å². The van der Waals surface area contributed by atoms with Crippen LogP contribution in [0.15, 0.2) is 46.2 Å². The zero-order valence-corrected chi connectivity index (χ0v) is 21.7. The third-order valence-electron chi connectivity index (χ3n) is 4.06. The van der Waals surface area contributed by atoms with Crippen LogP contribution in [-0.4, -0.2) is 47.2 Å².